The summed E-state index contributed by atoms with van der Waals surface area (Å²) >= 11 is 0.506. The topological polar surface area (TPSA) is 73.6 Å². The number of carbonyl (C=O) groups excluding carboxylic acids is 3. The van der Waals surface area contributed by atoms with Crippen LogP contribution in [-0.2, 0) is 14.3 Å². The second kappa shape index (κ2) is 8.29. The predicted molar refractivity (Wildman–Crippen MR) is 127 cm³/mol. The van der Waals surface area contributed by atoms with Crippen molar-refractivity contribution in [1.82, 2.24) is 0 Å². The maximum absolute atomic E-state index is 15.6. The lowest BCUT2D eigenvalue weighted by Gasteiger charge is -2.54. The molecule has 0 N–H and O–H groups in total. The van der Waals surface area contributed by atoms with Gasteiger partial charge in [-0.25, -0.2) is 13.6 Å². The van der Waals surface area contributed by atoms with E-state index in [1.54, 1.807) is 12.1 Å². The summed E-state index contributed by atoms with van der Waals surface area (Å²) in [6.45, 7) is 5.68. The molecule has 186 valence electrons. The highest BCUT2D eigenvalue weighted by molar-refractivity contribution is 8.13. The van der Waals surface area contributed by atoms with Crippen molar-refractivity contribution in [3.63, 3.8) is 0 Å². The second-order valence-electron chi connectivity index (χ2n) is 10.5. The maximum atomic E-state index is 15.6. The van der Waals surface area contributed by atoms with E-state index in [1.165, 1.54) is 24.5 Å². The quantitative estimate of drug-likeness (QED) is 0.384. The molecule has 2 saturated carbocycles. The monoisotopic (exact) mass is 502 g/mol. The number of esters is 1. The SMILES string of the molecule is CC1CC2C3CC(F)C4=CC(=O)C=CC4(C)C3=CCC2(C)C1(OC(=O)c1ccco1)C(=O)SCF. The van der Waals surface area contributed by atoms with Crippen molar-refractivity contribution in [2.45, 2.75) is 51.8 Å². The highest BCUT2D eigenvalue weighted by Crippen LogP contribution is 2.68. The minimum Gasteiger partial charge on any atom is -0.457 e. The van der Waals surface area contributed by atoms with Gasteiger partial charge in [0.25, 0.3) is 0 Å². The zero-order valence-corrected chi connectivity index (χ0v) is 20.7. The molecule has 1 aromatic rings. The van der Waals surface area contributed by atoms with E-state index in [0.29, 0.717) is 30.2 Å². The predicted octanol–water partition coefficient (Wildman–Crippen LogP) is 5.78. The first-order valence-electron chi connectivity index (χ1n) is 11.9. The lowest BCUT2D eigenvalue weighted by Crippen LogP contribution is -2.58. The molecule has 0 spiro atoms. The van der Waals surface area contributed by atoms with Crippen molar-refractivity contribution in [2.75, 3.05) is 6.01 Å². The Morgan fingerprint density at radius 3 is 2.71 bits per heavy atom. The number of carbonyl (C=O) groups is 3. The normalized spacial score (nSPS) is 39.7. The molecule has 4 aliphatic rings. The van der Waals surface area contributed by atoms with Crippen molar-refractivity contribution in [1.29, 1.82) is 0 Å². The third-order valence-corrected chi connectivity index (χ3v) is 9.62. The van der Waals surface area contributed by atoms with Gasteiger partial charge >= 0.3 is 5.97 Å². The lowest BCUT2D eigenvalue weighted by atomic mass is 9.51. The van der Waals surface area contributed by atoms with E-state index in [0.717, 1.165) is 5.57 Å². The van der Waals surface area contributed by atoms with Crippen LogP contribution in [0.2, 0.25) is 0 Å². The Hall–Kier alpha value is -2.48. The summed E-state index contributed by atoms with van der Waals surface area (Å²) in [5.41, 5.74) is -1.67. The summed E-state index contributed by atoms with van der Waals surface area (Å²) in [4.78, 5) is 38.6. The van der Waals surface area contributed by atoms with Crippen molar-refractivity contribution < 1.29 is 32.3 Å². The molecule has 7 atom stereocenters. The number of furan rings is 1. The molecule has 0 aliphatic heterocycles. The first-order chi connectivity index (χ1) is 16.6. The molecule has 0 bridgehead atoms. The van der Waals surface area contributed by atoms with E-state index in [4.69, 9.17) is 9.15 Å². The molecule has 35 heavy (non-hydrogen) atoms. The summed E-state index contributed by atoms with van der Waals surface area (Å²) in [6.07, 6.45) is 7.86. The highest BCUT2D eigenvalue weighted by atomic mass is 32.2. The summed E-state index contributed by atoms with van der Waals surface area (Å²) in [6, 6.07) is 2.08. The van der Waals surface area contributed by atoms with Gasteiger partial charge in [-0.05, 0) is 79.6 Å². The van der Waals surface area contributed by atoms with Crippen LogP contribution in [0.15, 0.2) is 58.3 Å². The molecular formula is C27H28F2O5S. The Balaban J connectivity index is 1.61. The van der Waals surface area contributed by atoms with Gasteiger partial charge in [-0.15, -0.1) is 0 Å². The van der Waals surface area contributed by atoms with Crippen molar-refractivity contribution in [3.05, 3.63) is 59.6 Å². The summed E-state index contributed by atoms with van der Waals surface area (Å²) in [5.74, 6) is -1.82. The fourth-order valence-corrected chi connectivity index (χ4v) is 8.09. The number of rotatable bonds is 4. The van der Waals surface area contributed by atoms with Gasteiger partial charge in [0.2, 0.25) is 10.9 Å². The average Bonchev–Trinajstić information content (AvgIpc) is 3.42. The molecule has 8 heteroatoms. The molecule has 0 radical (unpaired) electrons. The van der Waals surface area contributed by atoms with E-state index < -0.39 is 45.6 Å². The number of fused-ring (bicyclic) bond motifs is 5. The van der Waals surface area contributed by atoms with Crippen LogP contribution < -0.4 is 0 Å². The van der Waals surface area contributed by atoms with Crippen LogP contribution in [0.4, 0.5) is 8.78 Å². The van der Waals surface area contributed by atoms with Crippen LogP contribution in [-0.4, -0.2) is 34.6 Å². The minimum atomic E-state index is -1.60. The standard InChI is InChI=1S/C27H28F2O5S/c1-15-11-19-17-13-21(29)20-12-16(30)6-8-25(20,2)18(17)7-9-26(19,3)27(15,24(32)35-14-28)34-23(31)22-5-4-10-33-22/h4-8,10,12,15,17,19,21H,9,11,13-14H2,1-3H3. The van der Waals surface area contributed by atoms with E-state index in [1.807, 2.05) is 26.8 Å². The van der Waals surface area contributed by atoms with Crippen LogP contribution in [0.5, 0.6) is 0 Å². The number of ether oxygens (including phenoxy) is 1. The van der Waals surface area contributed by atoms with Crippen LogP contribution in [0, 0.1) is 28.6 Å². The Kier molecular flexibility index (Phi) is 5.74. The fourth-order valence-electron chi connectivity index (χ4n) is 7.30. The number of alkyl halides is 2. The van der Waals surface area contributed by atoms with Gasteiger partial charge in [0.1, 0.15) is 12.2 Å². The molecule has 2 fully saturated rings. The third kappa shape index (κ3) is 3.28. The number of hydrogen-bond acceptors (Lipinski definition) is 6. The van der Waals surface area contributed by atoms with Crippen LogP contribution in [0.3, 0.4) is 0 Å². The summed E-state index contributed by atoms with van der Waals surface area (Å²) in [5, 5.41) is -0.531. The third-order valence-electron chi connectivity index (χ3n) is 8.94. The first-order valence-corrected chi connectivity index (χ1v) is 12.9. The zero-order chi connectivity index (χ0) is 25.2. The molecule has 5 rings (SSSR count). The van der Waals surface area contributed by atoms with Gasteiger partial charge in [-0.1, -0.05) is 31.6 Å². The Morgan fingerprint density at radius 2 is 2.03 bits per heavy atom. The van der Waals surface area contributed by atoms with Gasteiger partial charge in [-0.3, -0.25) is 9.59 Å². The maximum Gasteiger partial charge on any atom is 0.375 e. The van der Waals surface area contributed by atoms with Gasteiger partial charge in [0.15, 0.2) is 11.4 Å². The number of hydrogen-bond donors (Lipinski definition) is 0. The van der Waals surface area contributed by atoms with E-state index in [2.05, 4.69) is 0 Å². The van der Waals surface area contributed by atoms with E-state index in [-0.39, 0.29) is 29.8 Å². The minimum absolute atomic E-state index is 0.0329. The molecule has 0 amide bonds. The molecular weight excluding hydrogens is 474 g/mol. The molecule has 0 saturated heterocycles. The molecule has 5 nitrogen and oxygen atoms in total. The van der Waals surface area contributed by atoms with E-state index >= 15 is 4.39 Å². The number of ketones is 1. The van der Waals surface area contributed by atoms with Crippen LogP contribution >= 0.6 is 11.8 Å². The Labute approximate surface area is 207 Å². The van der Waals surface area contributed by atoms with Gasteiger partial charge in [0.05, 0.1) is 6.26 Å². The van der Waals surface area contributed by atoms with Crippen LogP contribution in [0.1, 0.15) is 50.6 Å². The molecule has 0 aromatic carbocycles. The van der Waals surface area contributed by atoms with Gasteiger partial charge < -0.3 is 9.15 Å². The Morgan fingerprint density at radius 1 is 1.26 bits per heavy atom. The van der Waals surface area contributed by atoms with Crippen LogP contribution in [0.25, 0.3) is 0 Å². The van der Waals surface area contributed by atoms with Gasteiger partial charge in [0, 0.05) is 16.7 Å². The zero-order valence-electron chi connectivity index (χ0n) is 19.9. The first kappa shape index (κ1) is 24.2. The highest BCUT2D eigenvalue weighted by Gasteiger charge is 2.71. The fraction of sp³-hybridized carbons (Fsp3) is 0.519. The smallest absolute Gasteiger partial charge is 0.375 e. The summed E-state index contributed by atoms with van der Waals surface area (Å²) < 4.78 is 40.2. The second-order valence-corrected chi connectivity index (χ2v) is 11.4. The molecule has 1 heterocycles. The molecule has 4 aliphatic carbocycles. The average molecular weight is 503 g/mol. The Bertz CT molecular complexity index is 1170. The van der Waals surface area contributed by atoms with E-state index in [9.17, 15) is 18.8 Å². The van der Waals surface area contributed by atoms with Crippen molar-refractivity contribution in [2.24, 2.45) is 28.6 Å². The number of halogens is 2. The number of thioether (sulfide) groups is 1. The van der Waals surface area contributed by atoms with Crippen molar-refractivity contribution in [3.8, 4) is 0 Å². The largest absolute Gasteiger partial charge is 0.457 e. The lowest BCUT2D eigenvalue weighted by molar-refractivity contribution is -0.151. The molecule has 1 aromatic heterocycles. The number of allylic oxidation sites excluding steroid dienone is 6. The summed E-state index contributed by atoms with van der Waals surface area (Å²) in [7, 11) is 0. The van der Waals surface area contributed by atoms with Crippen molar-refractivity contribution >= 4 is 28.6 Å². The molecule has 7 unspecified atom stereocenters. The van der Waals surface area contributed by atoms with Gasteiger partial charge in [-0.2, -0.15) is 0 Å².